The van der Waals surface area contributed by atoms with Crippen molar-refractivity contribution in [2.45, 2.75) is 908 Å². The molecule has 0 amide bonds. The van der Waals surface area contributed by atoms with Crippen LogP contribution < -0.4 is 0 Å². The molecule has 0 bridgehead atoms. The Balaban J connectivity index is 5.98. The Labute approximate surface area is 928 Å². The molecule has 0 heterocycles. The first kappa shape index (κ1) is 145. The van der Waals surface area contributed by atoms with E-state index in [1.807, 2.05) is 0 Å². The minimum Gasteiger partial charge on any atom is -0.459 e. The van der Waals surface area contributed by atoms with Crippen LogP contribution in [0.15, 0.2) is 11.1 Å². The fourth-order valence-electron chi connectivity index (χ4n) is 24.6. The molecule has 0 fully saturated rings. The highest BCUT2D eigenvalue weighted by molar-refractivity contribution is 5.89. The molecule has 0 aromatic heterocycles. The van der Waals surface area contributed by atoms with Gasteiger partial charge in [-0.15, -0.1) is 0 Å². The number of hydrogen-bond donors (Lipinski definition) is 0. The lowest BCUT2D eigenvalue weighted by molar-refractivity contribution is -0.145. The average Bonchev–Trinajstić information content (AvgIpc) is 0.869. The number of esters is 1. The van der Waals surface area contributed by atoms with Crippen LogP contribution in [0, 0.1) is 0 Å². The summed E-state index contributed by atoms with van der Waals surface area (Å²) in [5.41, 5.74) is 2.72. The van der Waals surface area contributed by atoms with E-state index in [2.05, 4.69) is 34.6 Å². The van der Waals surface area contributed by atoms with Crippen LogP contribution in [-0.2, 0) is 9.53 Å². The van der Waals surface area contributed by atoms with Gasteiger partial charge in [0.15, 0.2) is 0 Å². The lowest BCUT2D eigenvalue weighted by atomic mass is 9.92. The van der Waals surface area contributed by atoms with Gasteiger partial charge in [-0.25, -0.2) is 4.79 Å². The topological polar surface area (TPSA) is 26.3 Å². The number of hydrogen-bond acceptors (Lipinski definition) is 2. The van der Waals surface area contributed by atoms with Gasteiger partial charge in [0.25, 0.3) is 0 Å². The van der Waals surface area contributed by atoms with Crippen molar-refractivity contribution in [2.75, 3.05) is 0 Å². The summed E-state index contributed by atoms with van der Waals surface area (Å²) in [6, 6.07) is 0. The molecular formula is C144H286O2. The van der Waals surface area contributed by atoms with Crippen LogP contribution >= 0.6 is 0 Å². The van der Waals surface area contributed by atoms with E-state index < -0.39 is 0 Å². The number of allylic oxidation sites excluding steroid dienone is 1. The van der Waals surface area contributed by atoms with E-state index in [4.69, 9.17) is 4.74 Å². The quantitative estimate of drug-likeness (QED) is 0.0345. The van der Waals surface area contributed by atoms with Crippen LogP contribution in [0.3, 0.4) is 0 Å². The van der Waals surface area contributed by atoms with Crippen molar-refractivity contribution in [3.8, 4) is 0 Å². The summed E-state index contributed by atoms with van der Waals surface area (Å²) in [7, 11) is 0. The number of carbonyl (C=O) groups is 1. The monoisotopic (exact) mass is 2050 g/mol. The van der Waals surface area contributed by atoms with Gasteiger partial charge in [0.2, 0.25) is 0 Å². The molecule has 0 aromatic rings. The predicted molar refractivity (Wildman–Crippen MR) is 669 cm³/mol. The van der Waals surface area contributed by atoms with Crippen molar-refractivity contribution >= 4 is 5.97 Å². The molecule has 0 radical (unpaired) electrons. The van der Waals surface area contributed by atoms with Gasteiger partial charge in [-0.2, -0.15) is 0 Å². The van der Waals surface area contributed by atoms with Gasteiger partial charge in [-0.1, -0.05) is 843 Å². The number of rotatable bonds is 137. The maximum Gasteiger partial charge on any atom is 0.334 e. The van der Waals surface area contributed by atoms with E-state index in [1.54, 1.807) is 5.57 Å². The third kappa shape index (κ3) is 127. The molecule has 0 aromatic carbocycles. The summed E-state index contributed by atoms with van der Waals surface area (Å²) in [6.45, 7) is 11.6. The minimum atomic E-state index is 0.0783. The summed E-state index contributed by atoms with van der Waals surface area (Å²) < 4.78 is 7.13. The second-order valence-electron chi connectivity index (χ2n) is 50.1. The van der Waals surface area contributed by atoms with E-state index >= 15 is 4.79 Å². The summed E-state index contributed by atoms with van der Waals surface area (Å²) >= 11 is 0. The molecule has 0 aliphatic heterocycles. The predicted octanol–water partition coefficient (Wildman–Crippen LogP) is 55.0. The Bertz CT molecular complexity index is 2210. The van der Waals surface area contributed by atoms with Gasteiger partial charge >= 0.3 is 5.97 Å². The van der Waals surface area contributed by atoms with E-state index in [0.29, 0.717) is 0 Å². The Kier molecular flexibility index (Phi) is 136. The standard InChI is InChI=1S/C144H286O2/c1-6-11-16-21-26-31-36-41-46-51-56-60-64-68-72-76-80-84-88-92-96-101-106-111-116-121-126-131-136-141(137-132-127-122-117-112-107-102-97-93-89-85-81-77-73-69-65-61-57-52-47-42-37-32-27-22-17-12-7-2)143(140-135-130-125-120-115-110-105-100-95-91-87-83-79-75-71-67-63-59-54-49-44-39-34-29-24-19-14-9-4)144(145)146-142(138-133-128-123-118-113-108-103-98-55-50-45-40-35-30-25-20-15-10-5)139-134-129-124-119-114-109-104-99-94-90-86-82-78-74-70-66-62-58-53-48-43-38-33-28-23-18-13-8-3/h142H,6-140H2,1-5H3. The van der Waals surface area contributed by atoms with Crippen molar-refractivity contribution in [1.82, 2.24) is 0 Å². The highest BCUT2D eigenvalue weighted by Crippen LogP contribution is 2.32. The van der Waals surface area contributed by atoms with Gasteiger partial charge in [0.05, 0.1) is 0 Å². The molecule has 0 saturated heterocycles. The zero-order chi connectivity index (χ0) is 104. The van der Waals surface area contributed by atoms with Crippen LogP contribution in [-0.4, -0.2) is 12.1 Å². The Hall–Kier alpha value is -0.790. The molecule has 0 spiro atoms. The summed E-state index contributed by atoms with van der Waals surface area (Å²) in [5, 5.41) is 0. The largest absolute Gasteiger partial charge is 0.459 e. The zero-order valence-corrected chi connectivity index (χ0v) is 103. The molecule has 874 valence electrons. The third-order valence-corrected chi connectivity index (χ3v) is 35.2. The molecule has 2 heteroatoms. The molecule has 0 N–H and O–H groups in total. The Morgan fingerprint density at radius 2 is 0.205 bits per heavy atom. The summed E-state index contributed by atoms with van der Waals surface area (Å²) in [4.78, 5) is 15.6. The van der Waals surface area contributed by atoms with Gasteiger partial charge in [-0.3, -0.25) is 0 Å². The number of unbranched alkanes of at least 4 members (excludes halogenated alkanes) is 125. The third-order valence-electron chi connectivity index (χ3n) is 35.2. The highest BCUT2D eigenvalue weighted by Gasteiger charge is 2.22. The van der Waals surface area contributed by atoms with Crippen molar-refractivity contribution in [3.63, 3.8) is 0 Å². The van der Waals surface area contributed by atoms with E-state index in [-0.39, 0.29) is 12.1 Å². The molecule has 1 atom stereocenters. The van der Waals surface area contributed by atoms with E-state index in [1.165, 1.54) is 834 Å². The molecule has 0 aliphatic rings. The van der Waals surface area contributed by atoms with Crippen LogP contribution in [0.5, 0.6) is 0 Å². The SMILES string of the molecule is CCCCCCCCCCCCCCCCCCCCCCCCCCCCCCC(CCCCCCCCCCCCCCCCCCCCCCCCCCCCCC)=C(CCCCCCCCCCCCCCCCCCCCCCCCCCCCCC)C(=O)OC(CCCCCCCCCCCCCCCCCCCC)CCCCCCCCCCCCCCCCCCCCCCCCCCCCCC. The average molecular weight is 2050 g/mol. The minimum absolute atomic E-state index is 0.0783. The second-order valence-corrected chi connectivity index (χ2v) is 50.1. The lowest BCUT2D eigenvalue weighted by Crippen LogP contribution is -2.21. The molecule has 1 unspecified atom stereocenters. The first-order valence-electron chi connectivity index (χ1n) is 71.6. The van der Waals surface area contributed by atoms with Crippen LogP contribution in [0.2, 0.25) is 0 Å². The normalized spacial score (nSPS) is 12.0. The fraction of sp³-hybridized carbons (Fsp3) is 0.979. The molecule has 0 aliphatic carbocycles. The summed E-state index contributed by atoms with van der Waals surface area (Å²) in [6.07, 6.45) is 192. The lowest BCUT2D eigenvalue weighted by Gasteiger charge is -2.21. The smallest absolute Gasteiger partial charge is 0.334 e. The van der Waals surface area contributed by atoms with Gasteiger partial charge in [-0.05, 0) is 64.2 Å². The van der Waals surface area contributed by atoms with Crippen LogP contribution in [0.4, 0.5) is 0 Å². The second kappa shape index (κ2) is 136. The molecule has 0 rings (SSSR count). The van der Waals surface area contributed by atoms with Gasteiger partial charge in [0.1, 0.15) is 6.10 Å². The molecule has 2 nitrogen and oxygen atoms in total. The maximum absolute atomic E-state index is 15.6. The van der Waals surface area contributed by atoms with Crippen molar-refractivity contribution < 1.29 is 9.53 Å². The van der Waals surface area contributed by atoms with Crippen molar-refractivity contribution in [1.29, 1.82) is 0 Å². The van der Waals surface area contributed by atoms with E-state index in [0.717, 1.165) is 38.5 Å². The Morgan fingerprint density at radius 3 is 0.315 bits per heavy atom. The molecule has 146 heavy (non-hydrogen) atoms. The maximum atomic E-state index is 15.6. The summed E-state index contributed by atoms with van der Waals surface area (Å²) in [5.74, 6) is 0.137. The Morgan fingerprint density at radius 1 is 0.116 bits per heavy atom. The first-order chi connectivity index (χ1) is 72.6. The number of carbonyl (C=O) groups excluding carboxylic acids is 1. The van der Waals surface area contributed by atoms with E-state index in [9.17, 15) is 0 Å². The highest BCUT2D eigenvalue weighted by atomic mass is 16.5. The van der Waals surface area contributed by atoms with Crippen molar-refractivity contribution in [2.24, 2.45) is 0 Å². The van der Waals surface area contributed by atoms with Gasteiger partial charge < -0.3 is 4.74 Å². The van der Waals surface area contributed by atoms with Crippen LogP contribution in [0.25, 0.3) is 0 Å². The number of ether oxygens (including phenoxy) is 1. The molecule has 0 saturated carbocycles. The first-order valence-corrected chi connectivity index (χ1v) is 71.6. The van der Waals surface area contributed by atoms with Gasteiger partial charge in [0, 0.05) is 5.57 Å². The van der Waals surface area contributed by atoms with Crippen molar-refractivity contribution in [3.05, 3.63) is 11.1 Å². The fourth-order valence-corrected chi connectivity index (χ4v) is 24.6. The zero-order valence-electron chi connectivity index (χ0n) is 103. The molecular weight excluding hydrogens is 1760 g/mol. The van der Waals surface area contributed by atoms with Crippen LogP contribution in [0.1, 0.15) is 901 Å².